The monoisotopic (exact) mass is 905 g/mol. The highest BCUT2D eigenvalue weighted by Crippen LogP contribution is 2.58. The van der Waals surface area contributed by atoms with Crippen LogP contribution in [0.1, 0.15) is 47.2 Å². The number of hydrogen-bond acceptors (Lipinski definition) is 1. The van der Waals surface area contributed by atoms with E-state index < -0.39 is 5.41 Å². The first kappa shape index (κ1) is 42.3. The van der Waals surface area contributed by atoms with Gasteiger partial charge in [-0.15, -0.1) is 0 Å². The van der Waals surface area contributed by atoms with Gasteiger partial charge in [-0.05, 0) is 131 Å². The number of anilines is 3. The van der Waals surface area contributed by atoms with Crippen molar-refractivity contribution in [3.8, 4) is 66.8 Å². The Morgan fingerprint density at radius 2 is 0.704 bits per heavy atom. The minimum Gasteiger partial charge on any atom is -0.310 e. The second-order valence-electron chi connectivity index (χ2n) is 19.6. The van der Waals surface area contributed by atoms with E-state index in [4.69, 9.17) is 0 Å². The normalized spacial score (nSPS) is 13.4. The molecule has 1 nitrogen and oxygen atoms in total. The van der Waals surface area contributed by atoms with Gasteiger partial charge in [-0.1, -0.05) is 250 Å². The van der Waals surface area contributed by atoms with E-state index in [0.29, 0.717) is 0 Å². The summed E-state index contributed by atoms with van der Waals surface area (Å²) in [7, 11) is 0. The molecule has 0 spiro atoms. The van der Waals surface area contributed by atoms with E-state index in [1.807, 2.05) is 0 Å². The van der Waals surface area contributed by atoms with Crippen molar-refractivity contribution >= 4 is 17.1 Å². The van der Waals surface area contributed by atoms with E-state index in [1.165, 1.54) is 100 Å². The summed E-state index contributed by atoms with van der Waals surface area (Å²) in [6, 6.07) is 101. The molecular weight excluding hydrogens is 855 g/mol. The van der Waals surface area contributed by atoms with Gasteiger partial charge in [0.05, 0.1) is 11.1 Å². The molecule has 0 aliphatic heterocycles. The summed E-state index contributed by atoms with van der Waals surface area (Å²) in [5, 5.41) is 0. The largest absolute Gasteiger partial charge is 0.310 e. The summed E-state index contributed by atoms with van der Waals surface area (Å²) in [5.41, 5.74) is 25.1. The molecule has 0 saturated carbocycles. The van der Waals surface area contributed by atoms with Gasteiger partial charge in [0.2, 0.25) is 0 Å². The third-order valence-electron chi connectivity index (χ3n) is 15.4. The lowest BCUT2D eigenvalue weighted by atomic mass is 9.68. The van der Waals surface area contributed by atoms with Crippen molar-refractivity contribution < 1.29 is 0 Å². The average Bonchev–Trinajstić information content (AvgIpc) is 3.87. The highest BCUT2D eigenvalue weighted by molar-refractivity contribution is 6.02. The number of hydrogen-bond donors (Lipinski definition) is 0. The van der Waals surface area contributed by atoms with E-state index in [2.05, 4.69) is 292 Å². The Kier molecular flexibility index (Phi) is 10.1. The van der Waals surface area contributed by atoms with Crippen LogP contribution in [-0.2, 0) is 10.8 Å². The molecular formula is C70H51N. The zero-order valence-electron chi connectivity index (χ0n) is 39.9. The van der Waals surface area contributed by atoms with Gasteiger partial charge in [-0.25, -0.2) is 0 Å². The molecule has 0 N–H and O–H groups in total. The number of rotatable bonds is 9. The molecule has 0 aromatic heterocycles. The molecule has 0 heterocycles. The quantitative estimate of drug-likeness (QED) is 0.139. The molecule has 336 valence electrons. The molecule has 11 aromatic rings. The van der Waals surface area contributed by atoms with Crippen LogP contribution in [0.2, 0.25) is 0 Å². The van der Waals surface area contributed by atoms with Crippen LogP contribution in [0, 0.1) is 0 Å². The second kappa shape index (κ2) is 17.0. The van der Waals surface area contributed by atoms with Gasteiger partial charge in [0.15, 0.2) is 0 Å². The molecule has 13 rings (SSSR count). The van der Waals surface area contributed by atoms with Crippen LogP contribution in [0.4, 0.5) is 17.1 Å². The predicted octanol–water partition coefficient (Wildman–Crippen LogP) is 18.5. The Morgan fingerprint density at radius 3 is 1.38 bits per heavy atom. The van der Waals surface area contributed by atoms with Gasteiger partial charge in [-0.3, -0.25) is 0 Å². The van der Waals surface area contributed by atoms with Crippen LogP contribution in [0.15, 0.2) is 273 Å². The third kappa shape index (κ3) is 6.76. The van der Waals surface area contributed by atoms with Crippen molar-refractivity contribution in [3.63, 3.8) is 0 Å². The number of fused-ring (bicyclic) bond motifs is 6. The molecule has 2 aliphatic rings. The number of nitrogens with zero attached hydrogens (tertiary/aromatic N) is 1. The maximum absolute atomic E-state index is 2.52. The summed E-state index contributed by atoms with van der Waals surface area (Å²) in [6.45, 7) is 4.71. The van der Waals surface area contributed by atoms with Gasteiger partial charge >= 0.3 is 0 Å². The lowest BCUT2D eigenvalue weighted by Crippen LogP contribution is -2.28. The highest BCUT2D eigenvalue weighted by atomic mass is 15.1. The molecule has 0 saturated heterocycles. The Bertz CT molecular complexity index is 3740. The zero-order valence-corrected chi connectivity index (χ0v) is 39.9. The van der Waals surface area contributed by atoms with Crippen LogP contribution in [0.25, 0.3) is 66.8 Å². The van der Waals surface area contributed by atoms with Gasteiger partial charge < -0.3 is 4.90 Å². The van der Waals surface area contributed by atoms with Gasteiger partial charge in [0.25, 0.3) is 0 Å². The van der Waals surface area contributed by atoms with Crippen molar-refractivity contribution in [2.75, 3.05) is 4.90 Å². The fourth-order valence-corrected chi connectivity index (χ4v) is 12.2. The summed E-state index contributed by atoms with van der Waals surface area (Å²) in [5.74, 6) is 0. The van der Waals surface area contributed by atoms with Gasteiger partial charge in [0.1, 0.15) is 0 Å². The minimum atomic E-state index is -0.508. The first-order valence-electron chi connectivity index (χ1n) is 24.8. The first-order valence-corrected chi connectivity index (χ1v) is 24.8. The lowest BCUT2D eigenvalue weighted by Gasteiger charge is -2.34. The Labute approximate surface area is 417 Å². The molecule has 2 aliphatic carbocycles. The van der Waals surface area contributed by atoms with E-state index in [-0.39, 0.29) is 5.41 Å². The van der Waals surface area contributed by atoms with E-state index in [1.54, 1.807) is 0 Å². The maximum atomic E-state index is 2.52. The van der Waals surface area contributed by atoms with Crippen molar-refractivity contribution in [2.45, 2.75) is 24.7 Å². The molecule has 11 aromatic carbocycles. The molecule has 71 heavy (non-hydrogen) atoms. The molecule has 0 fully saturated rings. The number of benzene rings is 11. The summed E-state index contributed by atoms with van der Waals surface area (Å²) in [4.78, 5) is 2.52. The minimum absolute atomic E-state index is 0.0654. The van der Waals surface area contributed by atoms with E-state index in [0.717, 1.165) is 17.1 Å². The molecule has 0 radical (unpaired) electrons. The average molecular weight is 906 g/mol. The van der Waals surface area contributed by atoms with E-state index in [9.17, 15) is 0 Å². The Morgan fingerprint density at radius 1 is 0.268 bits per heavy atom. The molecule has 0 bridgehead atoms. The third-order valence-corrected chi connectivity index (χ3v) is 15.4. The van der Waals surface area contributed by atoms with Gasteiger partial charge in [0, 0.05) is 22.4 Å². The van der Waals surface area contributed by atoms with Crippen molar-refractivity contribution in [1.29, 1.82) is 0 Å². The van der Waals surface area contributed by atoms with Crippen LogP contribution in [0.3, 0.4) is 0 Å². The van der Waals surface area contributed by atoms with Crippen molar-refractivity contribution in [3.05, 3.63) is 306 Å². The molecule has 0 amide bonds. The summed E-state index contributed by atoms with van der Waals surface area (Å²) >= 11 is 0. The van der Waals surface area contributed by atoms with Crippen LogP contribution < -0.4 is 4.90 Å². The van der Waals surface area contributed by atoms with Gasteiger partial charge in [-0.2, -0.15) is 0 Å². The van der Waals surface area contributed by atoms with Crippen LogP contribution >= 0.6 is 0 Å². The lowest BCUT2D eigenvalue weighted by molar-refractivity contribution is 0.660. The van der Waals surface area contributed by atoms with Crippen LogP contribution in [-0.4, -0.2) is 0 Å². The summed E-state index contributed by atoms with van der Waals surface area (Å²) < 4.78 is 0. The Hall–Kier alpha value is -8.78. The molecule has 1 heteroatoms. The molecule has 0 atom stereocenters. The smallest absolute Gasteiger partial charge is 0.0713 e. The van der Waals surface area contributed by atoms with E-state index >= 15 is 0 Å². The fourth-order valence-electron chi connectivity index (χ4n) is 12.2. The van der Waals surface area contributed by atoms with Crippen molar-refractivity contribution in [1.82, 2.24) is 0 Å². The maximum Gasteiger partial charge on any atom is 0.0713 e. The fraction of sp³-hybridized carbons (Fsp3) is 0.0571. The topological polar surface area (TPSA) is 3.24 Å². The summed E-state index contributed by atoms with van der Waals surface area (Å²) in [6.07, 6.45) is 0. The van der Waals surface area contributed by atoms with Crippen molar-refractivity contribution in [2.24, 2.45) is 0 Å². The second-order valence-corrected chi connectivity index (χ2v) is 19.6. The van der Waals surface area contributed by atoms with Crippen LogP contribution in [0.5, 0.6) is 0 Å². The zero-order chi connectivity index (χ0) is 47.5. The SMILES string of the molecule is CC1(C)c2ccccc2-c2cc(-c3cccc(N(c4ccc5c(c4)-c4ccccc4C5(c4ccccc4)c4ccccc4)c4cccc(-c5ccccc5)c4-c4ccccc4-c4ccccc4)c3)ccc21. The molecule has 0 unspecified atom stereocenters. The highest BCUT2D eigenvalue weighted by Gasteiger charge is 2.46. The standard InChI is InChI=1S/C70H51N/c1-69(2)63-38-19-17-34-58(63)61-46-51(41-43-64(61)69)50-27-21-32-54(45-50)71(67-40-22-37-57(49-25-9-4-10-26-49)68(67)60-36-16-15-33-56(60)48-23-7-3-8-24-48)55-42-44-66-62(47-55)59-35-18-20-39-65(59)70(66,52-28-11-5-12-29-52)53-30-13-6-14-31-53/h3-47H,1-2H3. The Balaban J connectivity index is 1.08. The predicted molar refractivity (Wildman–Crippen MR) is 298 cm³/mol. The first-order chi connectivity index (χ1) is 35.0.